The summed E-state index contributed by atoms with van der Waals surface area (Å²) >= 11 is 1.81. The highest BCUT2D eigenvalue weighted by Crippen LogP contribution is 2.23. The maximum Gasteiger partial charge on any atom is 0.158 e. The van der Waals surface area contributed by atoms with Crippen molar-refractivity contribution < 1.29 is 14.2 Å². The van der Waals surface area contributed by atoms with Gasteiger partial charge < -0.3 is 14.2 Å². The lowest BCUT2D eigenvalue weighted by Crippen LogP contribution is -2.08. The molecule has 1 saturated heterocycles. The van der Waals surface area contributed by atoms with E-state index in [1.807, 2.05) is 23.9 Å². The van der Waals surface area contributed by atoms with E-state index in [9.17, 15) is 0 Å². The number of rotatable bonds is 5. The van der Waals surface area contributed by atoms with Gasteiger partial charge in [0.2, 0.25) is 0 Å². The zero-order chi connectivity index (χ0) is 11.2. The van der Waals surface area contributed by atoms with Crippen LogP contribution in [0.1, 0.15) is 6.42 Å². The molecule has 1 heterocycles. The van der Waals surface area contributed by atoms with E-state index in [0.717, 1.165) is 31.1 Å². The molecule has 0 amide bonds. The summed E-state index contributed by atoms with van der Waals surface area (Å²) in [5.41, 5.74) is 0. The van der Waals surface area contributed by atoms with Crippen molar-refractivity contribution in [3.8, 4) is 5.75 Å². The molecule has 2 rings (SSSR count). The Hall–Kier alpha value is -0.710. The molecule has 0 aromatic heterocycles. The van der Waals surface area contributed by atoms with Crippen molar-refractivity contribution in [3.05, 3.63) is 24.3 Å². The Labute approximate surface area is 100 Å². The number of hydrogen-bond donors (Lipinski definition) is 0. The first-order valence-corrected chi connectivity index (χ1v) is 6.37. The Bertz CT molecular complexity index is 307. The van der Waals surface area contributed by atoms with Gasteiger partial charge in [-0.3, -0.25) is 0 Å². The highest BCUT2D eigenvalue weighted by atomic mass is 32.2. The Balaban J connectivity index is 1.71. The van der Waals surface area contributed by atoms with Crippen LogP contribution in [0, 0.1) is 0 Å². The van der Waals surface area contributed by atoms with Crippen molar-refractivity contribution in [1.82, 2.24) is 0 Å². The smallest absolute Gasteiger partial charge is 0.158 e. The second-order valence-corrected chi connectivity index (χ2v) is 4.65. The van der Waals surface area contributed by atoms with Gasteiger partial charge in [0.05, 0.1) is 20.3 Å². The summed E-state index contributed by atoms with van der Waals surface area (Å²) in [6, 6.07) is 8.09. The minimum absolute atomic E-state index is 0.00532. The van der Waals surface area contributed by atoms with Gasteiger partial charge in [-0.2, -0.15) is 0 Å². The highest BCUT2D eigenvalue weighted by Gasteiger charge is 2.14. The molecule has 0 bridgehead atoms. The summed E-state index contributed by atoms with van der Waals surface area (Å²) in [5.74, 6) is 1.91. The molecule has 88 valence electrons. The van der Waals surface area contributed by atoms with E-state index in [1.165, 1.54) is 4.90 Å². The number of benzene rings is 1. The van der Waals surface area contributed by atoms with Crippen LogP contribution in [0.4, 0.5) is 0 Å². The molecule has 3 nitrogen and oxygen atoms in total. The van der Waals surface area contributed by atoms with E-state index in [4.69, 9.17) is 14.2 Å². The van der Waals surface area contributed by atoms with Gasteiger partial charge in [0.1, 0.15) is 5.75 Å². The topological polar surface area (TPSA) is 27.7 Å². The molecule has 0 atom stereocenters. The Morgan fingerprint density at radius 3 is 2.56 bits per heavy atom. The van der Waals surface area contributed by atoms with E-state index in [-0.39, 0.29) is 6.29 Å². The molecule has 16 heavy (non-hydrogen) atoms. The minimum Gasteiger partial charge on any atom is -0.497 e. The largest absolute Gasteiger partial charge is 0.497 e. The molecular weight excluding hydrogens is 224 g/mol. The van der Waals surface area contributed by atoms with Crippen molar-refractivity contribution in [2.75, 3.05) is 26.1 Å². The van der Waals surface area contributed by atoms with Crippen LogP contribution in [0.5, 0.6) is 5.75 Å². The van der Waals surface area contributed by atoms with E-state index < -0.39 is 0 Å². The predicted molar refractivity (Wildman–Crippen MR) is 64.0 cm³/mol. The maximum atomic E-state index is 5.37. The quantitative estimate of drug-likeness (QED) is 0.739. The van der Waals surface area contributed by atoms with Crippen LogP contribution in [0.25, 0.3) is 0 Å². The van der Waals surface area contributed by atoms with Crippen molar-refractivity contribution in [2.45, 2.75) is 17.6 Å². The first kappa shape index (κ1) is 11.8. The standard InChI is InChI=1S/C12H16O3S/c1-13-10-2-4-11(5-3-10)16-9-6-12-14-7-8-15-12/h2-5,12H,6-9H2,1H3. The van der Waals surface area contributed by atoms with E-state index in [0.29, 0.717) is 0 Å². The third-order valence-electron chi connectivity index (χ3n) is 2.37. The zero-order valence-corrected chi connectivity index (χ0v) is 10.2. The van der Waals surface area contributed by atoms with Gasteiger partial charge in [-0.25, -0.2) is 0 Å². The fraction of sp³-hybridized carbons (Fsp3) is 0.500. The van der Waals surface area contributed by atoms with Crippen LogP contribution in [0.15, 0.2) is 29.2 Å². The molecule has 1 aliphatic rings. The number of thioether (sulfide) groups is 1. The van der Waals surface area contributed by atoms with Crippen LogP contribution >= 0.6 is 11.8 Å². The summed E-state index contributed by atoms with van der Waals surface area (Å²) in [6.45, 7) is 1.47. The van der Waals surface area contributed by atoms with Crippen molar-refractivity contribution in [2.24, 2.45) is 0 Å². The highest BCUT2D eigenvalue weighted by molar-refractivity contribution is 7.99. The van der Waals surface area contributed by atoms with E-state index >= 15 is 0 Å². The zero-order valence-electron chi connectivity index (χ0n) is 9.35. The molecule has 0 radical (unpaired) electrons. The van der Waals surface area contributed by atoms with Gasteiger partial charge in [-0.1, -0.05) is 0 Å². The van der Waals surface area contributed by atoms with Crippen molar-refractivity contribution in [1.29, 1.82) is 0 Å². The fourth-order valence-electron chi connectivity index (χ4n) is 1.52. The Morgan fingerprint density at radius 1 is 1.25 bits per heavy atom. The number of hydrogen-bond acceptors (Lipinski definition) is 4. The van der Waals surface area contributed by atoms with Crippen LogP contribution < -0.4 is 4.74 Å². The fourth-order valence-corrected chi connectivity index (χ4v) is 2.39. The molecular formula is C12H16O3S. The predicted octanol–water partition coefficient (Wildman–Crippen LogP) is 2.55. The first-order valence-electron chi connectivity index (χ1n) is 5.38. The lowest BCUT2D eigenvalue weighted by molar-refractivity contribution is -0.0421. The van der Waals surface area contributed by atoms with Gasteiger partial charge >= 0.3 is 0 Å². The molecule has 0 N–H and O–H groups in total. The summed E-state index contributed by atoms with van der Waals surface area (Å²) < 4.78 is 15.8. The average Bonchev–Trinajstić information content (AvgIpc) is 2.83. The summed E-state index contributed by atoms with van der Waals surface area (Å²) in [4.78, 5) is 1.25. The van der Waals surface area contributed by atoms with E-state index in [2.05, 4.69) is 12.1 Å². The van der Waals surface area contributed by atoms with Gasteiger partial charge in [-0.15, -0.1) is 11.8 Å². The van der Waals surface area contributed by atoms with Crippen LogP contribution in [0.2, 0.25) is 0 Å². The molecule has 0 unspecified atom stereocenters. The van der Waals surface area contributed by atoms with Crippen LogP contribution in [-0.4, -0.2) is 32.4 Å². The summed E-state index contributed by atoms with van der Waals surface area (Å²) in [6.07, 6.45) is 0.946. The lowest BCUT2D eigenvalue weighted by Gasteiger charge is -2.08. The number of ether oxygens (including phenoxy) is 3. The molecule has 0 saturated carbocycles. The lowest BCUT2D eigenvalue weighted by atomic mass is 10.3. The van der Waals surface area contributed by atoms with E-state index in [1.54, 1.807) is 7.11 Å². The van der Waals surface area contributed by atoms with Crippen LogP contribution in [0.3, 0.4) is 0 Å². The second kappa shape index (κ2) is 6.13. The van der Waals surface area contributed by atoms with Gasteiger partial charge in [0.25, 0.3) is 0 Å². The summed E-state index contributed by atoms with van der Waals surface area (Å²) in [7, 11) is 1.68. The second-order valence-electron chi connectivity index (χ2n) is 3.48. The molecule has 1 aromatic carbocycles. The monoisotopic (exact) mass is 240 g/mol. The molecule has 0 aliphatic carbocycles. The Morgan fingerprint density at radius 2 is 1.94 bits per heavy atom. The molecule has 1 aliphatic heterocycles. The molecule has 0 spiro atoms. The minimum atomic E-state index is 0.00532. The molecule has 4 heteroatoms. The average molecular weight is 240 g/mol. The van der Waals surface area contributed by atoms with Gasteiger partial charge in [0, 0.05) is 17.1 Å². The molecule has 1 fully saturated rings. The van der Waals surface area contributed by atoms with Crippen molar-refractivity contribution >= 4 is 11.8 Å². The number of methoxy groups -OCH3 is 1. The van der Waals surface area contributed by atoms with Gasteiger partial charge in [-0.05, 0) is 24.3 Å². The third kappa shape index (κ3) is 3.40. The maximum absolute atomic E-state index is 5.37. The first-order chi connectivity index (χ1) is 7.88. The SMILES string of the molecule is COc1ccc(SCCC2OCCO2)cc1. The third-order valence-corrected chi connectivity index (χ3v) is 3.42. The van der Waals surface area contributed by atoms with Crippen molar-refractivity contribution in [3.63, 3.8) is 0 Å². The van der Waals surface area contributed by atoms with Crippen LogP contribution in [-0.2, 0) is 9.47 Å². The normalized spacial score (nSPS) is 16.6. The van der Waals surface area contributed by atoms with Gasteiger partial charge in [0.15, 0.2) is 6.29 Å². The molecule has 1 aromatic rings. The Kier molecular flexibility index (Phi) is 4.51. The summed E-state index contributed by atoms with van der Waals surface area (Å²) in [5, 5.41) is 0.